The molecule has 5 heteroatoms. The molecule has 0 atom stereocenters. The fourth-order valence-corrected chi connectivity index (χ4v) is 3.38. The van der Waals surface area contributed by atoms with Crippen LogP contribution in [0.5, 0.6) is 5.75 Å². The zero-order chi connectivity index (χ0) is 18.5. The van der Waals surface area contributed by atoms with Crippen molar-refractivity contribution in [2.75, 3.05) is 5.32 Å². The molecular formula is C21H18BrCl2NO. The molecule has 134 valence electrons. The number of hydrogen-bond donors (Lipinski definition) is 1. The zero-order valence-corrected chi connectivity index (χ0v) is 17.3. The molecule has 0 spiro atoms. The Balaban J connectivity index is 1.71. The van der Waals surface area contributed by atoms with Gasteiger partial charge in [-0.15, -0.1) is 0 Å². The van der Waals surface area contributed by atoms with Crippen molar-refractivity contribution < 1.29 is 4.74 Å². The van der Waals surface area contributed by atoms with Crippen LogP contribution >= 0.6 is 39.1 Å². The number of hydrogen-bond acceptors (Lipinski definition) is 2. The maximum Gasteiger partial charge on any atom is 0.124 e. The van der Waals surface area contributed by atoms with Gasteiger partial charge in [-0.05, 0) is 48.9 Å². The summed E-state index contributed by atoms with van der Waals surface area (Å²) in [5.41, 5.74) is 4.25. The largest absolute Gasteiger partial charge is 0.489 e. The number of anilines is 1. The van der Waals surface area contributed by atoms with E-state index in [1.807, 2.05) is 30.3 Å². The molecule has 0 amide bonds. The first kappa shape index (κ1) is 19.1. The summed E-state index contributed by atoms with van der Waals surface area (Å²) in [6, 6.07) is 19.7. The lowest BCUT2D eigenvalue weighted by Gasteiger charge is -2.14. The molecule has 3 aromatic rings. The van der Waals surface area contributed by atoms with E-state index in [1.54, 1.807) is 6.07 Å². The highest BCUT2D eigenvalue weighted by Crippen LogP contribution is 2.28. The maximum atomic E-state index is 6.23. The van der Waals surface area contributed by atoms with Gasteiger partial charge in [0.1, 0.15) is 12.4 Å². The Labute approximate surface area is 172 Å². The maximum absolute atomic E-state index is 6.23. The summed E-state index contributed by atoms with van der Waals surface area (Å²) in [6.45, 7) is 3.19. The quantitative estimate of drug-likeness (QED) is 0.426. The minimum atomic E-state index is 0.524. The van der Waals surface area contributed by atoms with E-state index in [9.17, 15) is 0 Å². The molecule has 0 aliphatic heterocycles. The molecule has 0 bridgehead atoms. The summed E-state index contributed by atoms with van der Waals surface area (Å²) in [6.07, 6.45) is 0. The van der Waals surface area contributed by atoms with Gasteiger partial charge in [0.05, 0.1) is 10.7 Å². The second kappa shape index (κ2) is 8.81. The summed E-state index contributed by atoms with van der Waals surface area (Å²) in [4.78, 5) is 0. The van der Waals surface area contributed by atoms with Crippen molar-refractivity contribution in [2.24, 2.45) is 0 Å². The molecule has 26 heavy (non-hydrogen) atoms. The molecule has 0 unspecified atom stereocenters. The molecule has 0 heterocycles. The second-order valence-electron chi connectivity index (χ2n) is 6.00. The number of benzene rings is 3. The summed E-state index contributed by atoms with van der Waals surface area (Å²) in [5.74, 6) is 0.839. The molecule has 0 aliphatic rings. The Morgan fingerprint density at radius 3 is 2.46 bits per heavy atom. The average molecular weight is 451 g/mol. The minimum absolute atomic E-state index is 0.524. The van der Waals surface area contributed by atoms with Gasteiger partial charge in [-0.2, -0.15) is 0 Å². The van der Waals surface area contributed by atoms with E-state index in [0.717, 1.165) is 27.0 Å². The lowest BCUT2D eigenvalue weighted by molar-refractivity contribution is 0.303. The molecule has 3 aromatic carbocycles. The molecular weight excluding hydrogens is 433 g/mol. The van der Waals surface area contributed by atoms with Gasteiger partial charge in [-0.25, -0.2) is 0 Å². The summed E-state index contributed by atoms with van der Waals surface area (Å²) in [7, 11) is 0. The number of aryl methyl sites for hydroxylation is 1. The SMILES string of the molecule is Cc1ccc(COc2ccc(Br)cc2CNc2ccc(Cl)cc2Cl)cc1. The molecule has 2 nitrogen and oxygen atoms in total. The van der Waals surface area contributed by atoms with E-state index < -0.39 is 0 Å². The smallest absolute Gasteiger partial charge is 0.124 e. The van der Waals surface area contributed by atoms with Crippen molar-refractivity contribution in [3.63, 3.8) is 0 Å². The Morgan fingerprint density at radius 2 is 1.73 bits per heavy atom. The predicted molar refractivity (Wildman–Crippen MR) is 113 cm³/mol. The Morgan fingerprint density at radius 1 is 0.962 bits per heavy atom. The van der Waals surface area contributed by atoms with Crippen LogP contribution in [0.25, 0.3) is 0 Å². The lowest BCUT2D eigenvalue weighted by Crippen LogP contribution is -2.04. The van der Waals surface area contributed by atoms with Crippen LogP contribution in [0.4, 0.5) is 5.69 Å². The lowest BCUT2D eigenvalue weighted by atomic mass is 10.1. The van der Waals surface area contributed by atoms with Gasteiger partial charge >= 0.3 is 0 Å². The van der Waals surface area contributed by atoms with Gasteiger partial charge in [0.25, 0.3) is 0 Å². The summed E-state index contributed by atoms with van der Waals surface area (Å²) in [5, 5.41) is 4.55. The topological polar surface area (TPSA) is 21.3 Å². The van der Waals surface area contributed by atoms with Crippen LogP contribution < -0.4 is 10.1 Å². The highest BCUT2D eigenvalue weighted by molar-refractivity contribution is 9.10. The fraction of sp³-hybridized carbons (Fsp3) is 0.143. The van der Waals surface area contributed by atoms with E-state index in [2.05, 4.69) is 52.4 Å². The second-order valence-corrected chi connectivity index (χ2v) is 7.76. The molecule has 0 radical (unpaired) electrons. The van der Waals surface area contributed by atoms with Gasteiger partial charge in [0.2, 0.25) is 0 Å². The first-order valence-electron chi connectivity index (χ1n) is 8.17. The summed E-state index contributed by atoms with van der Waals surface area (Å²) >= 11 is 15.7. The average Bonchev–Trinajstić information content (AvgIpc) is 2.61. The van der Waals surface area contributed by atoms with E-state index in [0.29, 0.717) is 23.2 Å². The number of rotatable bonds is 6. The van der Waals surface area contributed by atoms with Gasteiger partial charge in [0.15, 0.2) is 0 Å². The van der Waals surface area contributed by atoms with Crippen molar-refractivity contribution in [2.45, 2.75) is 20.1 Å². The molecule has 3 rings (SSSR count). The van der Waals surface area contributed by atoms with Crippen molar-refractivity contribution in [3.8, 4) is 5.75 Å². The molecule has 0 fully saturated rings. The molecule has 0 aliphatic carbocycles. The minimum Gasteiger partial charge on any atom is -0.489 e. The Bertz CT molecular complexity index is 897. The van der Waals surface area contributed by atoms with Crippen molar-refractivity contribution in [3.05, 3.63) is 91.9 Å². The van der Waals surface area contributed by atoms with Crippen LogP contribution in [0.1, 0.15) is 16.7 Å². The van der Waals surface area contributed by atoms with Gasteiger partial charge in [-0.3, -0.25) is 0 Å². The third kappa shape index (κ3) is 5.16. The molecule has 0 saturated carbocycles. The third-order valence-corrected chi connectivity index (χ3v) is 4.98. The molecule has 0 aromatic heterocycles. The fourth-order valence-electron chi connectivity index (χ4n) is 2.50. The van der Waals surface area contributed by atoms with E-state index in [-0.39, 0.29) is 0 Å². The van der Waals surface area contributed by atoms with Crippen molar-refractivity contribution >= 4 is 44.8 Å². The van der Waals surface area contributed by atoms with Crippen LogP contribution in [0.2, 0.25) is 10.0 Å². The molecule has 0 saturated heterocycles. The highest BCUT2D eigenvalue weighted by Gasteiger charge is 2.07. The number of halogens is 3. The van der Waals surface area contributed by atoms with E-state index >= 15 is 0 Å². The van der Waals surface area contributed by atoms with Gasteiger partial charge in [0, 0.05) is 21.6 Å². The van der Waals surface area contributed by atoms with Crippen LogP contribution in [-0.4, -0.2) is 0 Å². The van der Waals surface area contributed by atoms with E-state index in [1.165, 1.54) is 5.56 Å². The van der Waals surface area contributed by atoms with Gasteiger partial charge < -0.3 is 10.1 Å². The van der Waals surface area contributed by atoms with E-state index in [4.69, 9.17) is 27.9 Å². The Hall–Kier alpha value is -1.68. The standard InChI is InChI=1S/C21H18BrCl2NO/c1-14-2-4-15(5-3-14)13-26-21-9-6-17(22)10-16(21)12-25-20-8-7-18(23)11-19(20)24/h2-11,25H,12-13H2,1H3. The van der Waals surface area contributed by atoms with Crippen LogP contribution in [0, 0.1) is 6.92 Å². The monoisotopic (exact) mass is 449 g/mol. The van der Waals surface area contributed by atoms with Crippen molar-refractivity contribution in [1.29, 1.82) is 0 Å². The predicted octanol–water partition coefficient (Wildman–Crippen LogP) is 7.26. The normalized spacial score (nSPS) is 10.6. The third-order valence-electron chi connectivity index (χ3n) is 3.94. The summed E-state index contributed by atoms with van der Waals surface area (Å²) < 4.78 is 7.04. The highest BCUT2D eigenvalue weighted by atomic mass is 79.9. The van der Waals surface area contributed by atoms with Crippen LogP contribution in [0.15, 0.2) is 65.1 Å². The zero-order valence-electron chi connectivity index (χ0n) is 14.2. The number of nitrogens with one attached hydrogen (secondary N) is 1. The first-order chi connectivity index (χ1) is 12.5. The van der Waals surface area contributed by atoms with Gasteiger partial charge in [-0.1, -0.05) is 69.0 Å². The van der Waals surface area contributed by atoms with Crippen LogP contribution in [-0.2, 0) is 13.2 Å². The molecule has 1 N–H and O–H groups in total. The Kier molecular flexibility index (Phi) is 6.47. The number of ether oxygens (including phenoxy) is 1. The van der Waals surface area contributed by atoms with Crippen LogP contribution in [0.3, 0.4) is 0 Å². The first-order valence-corrected chi connectivity index (χ1v) is 9.72. The van der Waals surface area contributed by atoms with Crippen molar-refractivity contribution in [1.82, 2.24) is 0 Å².